The van der Waals surface area contributed by atoms with Crippen molar-refractivity contribution in [2.45, 2.75) is 18.9 Å². The maximum atomic E-state index is 12.5. The number of nitriles is 1. The number of rotatable bonds is 7. The molecule has 2 aromatic carbocycles. The van der Waals surface area contributed by atoms with Crippen molar-refractivity contribution in [3.63, 3.8) is 0 Å². The van der Waals surface area contributed by atoms with Gasteiger partial charge in [-0.1, -0.05) is 12.1 Å². The van der Waals surface area contributed by atoms with Crippen molar-refractivity contribution in [3.8, 4) is 6.07 Å². The van der Waals surface area contributed by atoms with Crippen LogP contribution < -0.4 is 14.9 Å². The number of carbonyl (C=O) groups excluding carboxylic acids is 2. The highest BCUT2D eigenvalue weighted by Crippen LogP contribution is 2.21. The Labute approximate surface area is 169 Å². The molecule has 2 amide bonds. The van der Waals surface area contributed by atoms with Crippen LogP contribution in [-0.4, -0.2) is 39.1 Å². The molecule has 0 bridgehead atoms. The van der Waals surface area contributed by atoms with Crippen LogP contribution in [0.3, 0.4) is 0 Å². The van der Waals surface area contributed by atoms with E-state index < -0.39 is 22.5 Å². The van der Waals surface area contributed by atoms with Crippen molar-refractivity contribution in [1.29, 1.82) is 5.26 Å². The number of hydrogen-bond acceptors (Lipinski definition) is 5. The lowest BCUT2D eigenvalue weighted by atomic mass is 10.2. The summed E-state index contributed by atoms with van der Waals surface area (Å²) in [7, 11) is -3.76. The summed E-state index contributed by atoms with van der Waals surface area (Å²) in [4.78, 5) is 24.6. The molecule has 0 spiro atoms. The van der Waals surface area contributed by atoms with Crippen molar-refractivity contribution < 1.29 is 18.0 Å². The molecule has 150 valence electrons. The van der Waals surface area contributed by atoms with Gasteiger partial charge in [-0.2, -0.15) is 5.26 Å². The Morgan fingerprint density at radius 2 is 1.90 bits per heavy atom. The highest BCUT2D eigenvalue weighted by atomic mass is 32.2. The summed E-state index contributed by atoms with van der Waals surface area (Å²) in [5.74, 6) is -0.785. The van der Waals surface area contributed by atoms with Crippen LogP contribution in [0.5, 0.6) is 0 Å². The van der Waals surface area contributed by atoms with E-state index in [4.69, 9.17) is 5.26 Å². The summed E-state index contributed by atoms with van der Waals surface area (Å²) in [6, 6.07) is 14.6. The van der Waals surface area contributed by atoms with E-state index in [1.807, 2.05) is 6.07 Å². The fourth-order valence-electron chi connectivity index (χ4n) is 2.70. The molecular weight excluding hydrogens is 392 g/mol. The molecule has 3 rings (SSSR count). The summed E-state index contributed by atoms with van der Waals surface area (Å²) < 4.78 is 25.3. The predicted octanol–water partition coefficient (Wildman–Crippen LogP) is 1.86. The second-order valence-electron chi connectivity index (χ2n) is 6.81. The third-order valence-corrected chi connectivity index (χ3v) is 5.41. The third kappa shape index (κ3) is 5.56. The first-order valence-electron chi connectivity index (χ1n) is 8.95. The number of carbonyl (C=O) groups is 2. The molecule has 2 N–H and O–H groups in total. The molecule has 2 aromatic rings. The molecule has 1 saturated carbocycles. The quantitative estimate of drug-likeness (QED) is 0.719. The average molecular weight is 412 g/mol. The van der Waals surface area contributed by atoms with Gasteiger partial charge >= 0.3 is 0 Å². The van der Waals surface area contributed by atoms with Crippen molar-refractivity contribution in [2.75, 3.05) is 22.4 Å². The van der Waals surface area contributed by atoms with Gasteiger partial charge in [0.2, 0.25) is 15.9 Å². The monoisotopic (exact) mass is 412 g/mol. The van der Waals surface area contributed by atoms with E-state index in [-0.39, 0.29) is 23.2 Å². The molecule has 0 atom stereocenters. The Kier molecular flexibility index (Phi) is 5.84. The lowest BCUT2D eigenvalue weighted by Crippen LogP contribution is -2.37. The lowest BCUT2D eigenvalue weighted by Gasteiger charge is -2.22. The average Bonchev–Trinajstić information content (AvgIpc) is 3.49. The summed E-state index contributed by atoms with van der Waals surface area (Å²) >= 11 is 0. The summed E-state index contributed by atoms with van der Waals surface area (Å²) in [5.41, 5.74) is 1.30. The van der Waals surface area contributed by atoms with Crippen LogP contribution in [0.4, 0.5) is 11.4 Å². The highest BCUT2D eigenvalue weighted by Gasteiger charge is 2.24. The van der Waals surface area contributed by atoms with Crippen molar-refractivity contribution in [1.82, 2.24) is 5.32 Å². The topological polar surface area (TPSA) is 119 Å². The second-order valence-corrected chi connectivity index (χ2v) is 8.72. The van der Waals surface area contributed by atoms with Gasteiger partial charge in [0.15, 0.2) is 0 Å². The van der Waals surface area contributed by atoms with Crippen LogP contribution in [-0.2, 0) is 14.8 Å². The van der Waals surface area contributed by atoms with Gasteiger partial charge < -0.3 is 10.6 Å². The minimum Gasteiger partial charge on any atom is -0.349 e. The molecule has 0 unspecified atom stereocenters. The summed E-state index contributed by atoms with van der Waals surface area (Å²) in [5, 5.41) is 14.5. The third-order valence-electron chi connectivity index (χ3n) is 4.27. The van der Waals surface area contributed by atoms with E-state index in [9.17, 15) is 18.0 Å². The lowest BCUT2D eigenvalue weighted by molar-refractivity contribution is -0.114. The van der Waals surface area contributed by atoms with Gasteiger partial charge in [-0.3, -0.25) is 13.9 Å². The van der Waals surface area contributed by atoms with Crippen LogP contribution in [0.15, 0.2) is 48.5 Å². The molecule has 9 heteroatoms. The molecule has 8 nitrogen and oxygen atoms in total. The maximum Gasteiger partial charge on any atom is 0.251 e. The fourth-order valence-corrected chi connectivity index (χ4v) is 3.54. The number of nitrogens with one attached hydrogen (secondary N) is 2. The van der Waals surface area contributed by atoms with Gasteiger partial charge in [0.25, 0.3) is 5.91 Å². The number of sulfonamides is 1. The highest BCUT2D eigenvalue weighted by molar-refractivity contribution is 7.92. The zero-order valence-electron chi connectivity index (χ0n) is 15.8. The number of hydrogen-bond donors (Lipinski definition) is 2. The Morgan fingerprint density at radius 3 is 2.55 bits per heavy atom. The molecule has 0 radical (unpaired) electrons. The Morgan fingerprint density at radius 1 is 1.17 bits per heavy atom. The van der Waals surface area contributed by atoms with Crippen LogP contribution in [0, 0.1) is 11.3 Å². The van der Waals surface area contributed by atoms with E-state index in [2.05, 4.69) is 10.6 Å². The van der Waals surface area contributed by atoms with Gasteiger partial charge in [-0.25, -0.2) is 8.42 Å². The normalized spacial score (nSPS) is 13.2. The first-order chi connectivity index (χ1) is 13.8. The van der Waals surface area contributed by atoms with Crippen molar-refractivity contribution in [2.24, 2.45) is 0 Å². The Hall–Kier alpha value is -3.38. The van der Waals surface area contributed by atoms with Gasteiger partial charge in [0, 0.05) is 17.3 Å². The fraction of sp³-hybridized carbons (Fsp3) is 0.250. The molecule has 1 fully saturated rings. The first kappa shape index (κ1) is 20.4. The second kappa shape index (κ2) is 8.32. The molecule has 0 aromatic heterocycles. The molecule has 1 aliphatic carbocycles. The Bertz CT molecular complexity index is 1090. The molecule has 0 saturated heterocycles. The van der Waals surface area contributed by atoms with Gasteiger partial charge in [-0.05, 0) is 49.2 Å². The smallest absolute Gasteiger partial charge is 0.251 e. The van der Waals surface area contributed by atoms with Crippen LogP contribution >= 0.6 is 0 Å². The standard InChI is InChI=1S/C20H20N4O4S/c1-29(27,28)24(18-7-2-4-14(10-18)12-21)13-19(25)22-17-6-3-5-15(11-17)20(26)23-16-8-9-16/h2-7,10-11,16H,8-9,13H2,1H3,(H,22,25)(H,23,26). The van der Waals surface area contributed by atoms with E-state index in [1.54, 1.807) is 30.3 Å². The van der Waals surface area contributed by atoms with Gasteiger partial charge in [-0.15, -0.1) is 0 Å². The summed E-state index contributed by atoms with van der Waals surface area (Å²) in [6.45, 7) is -0.466. The van der Waals surface area contributed by atoms with Crippen molar-refractivity contribution >= 4 is 33.2 Å². The van der Waals surface area contributed by atoms with Crippen molar-refractivity contribution in [3.05, 3.63) is 59.7 Å². The van der Waals surface area contributed by atoms with E-state index in [0.717, 1.165) is 23.4 Å². The first-order valence-corrected chi connectivity index (χ1v) is 10.8. The number of benzene rings is 2. The number of amides is 2. The molecular formula is C20H20N4O4S. The minimum atomic E-state index is -3.76. The van der Waals surface area contributed by atoms with Crippen LogP contribution in [0.25, 0.3) is 0 Å². The van der Waals surface area contributed by atoms with E-state index in [0.29, 0.717) is 11.3 Å². The van der Waals surface area contributed by atoms with Crippen LogP contribution in [0.2, 0.25) is 0 Å². The molecule has 0 aliphatic heterocycles. The zero-order valence-corrected chi connectivity index (χ0v) is 16.6. The molecule has 29 heavy (non-hydrogen) atoms. The molecule has 1 aliphatic rings. The largest absolute Gasteiger partial charge is 0.349 e. The SMILES string of the molecule is CS(=O)(=O)N(CC(=O)Nc1cccc(C(=O)NC2CC2)c1)c1cccc(C#N)c1. The van der Waals surface area contributed by atoms with Crippen LogP contribution in [0.1, 0.15) is 28.8 Å². The predicted molar refractivity (Wildman–Crippen MR) is 109 cm³/mol. The van der Waals surface area contributed by atoms with E-state index in [1.165, 1.54) is 18.2 Å². The maximum absolute atomic E-state index is 12.5. The molecule has 0 heterocycles. The van der Waals surface area contributed by atoms with Gasteiger partial charge in [0.1, 0.15) is 6.54 Å². The van der Waals surface area contributed by atoms with E-state index >= 15 is 0 Å². The van der Waals surface area contributed by atoms with Gasteiger partial charge in [0.05, 0.1) is 23.6 Å². The number of anilines is 2. The number of nitrogens with zero attached hydrogens (tertiary/aromatic N) is 2. The summed E-state index contributed by atoms with van der Waals surface area (Å²) in [6.07, 6.45) is 2.93. The minimum absolute atomic E-state index is 0.213. The Balaban J connectivity index is 1.73. The zero-order chi connectivity index (χ0) is 21.0.